The molecule has 2 amide bonds. The van der Waals surface area contributed by atoms with Crippen LogP contribution in [0.3, 0.4) is 0 Å². The van der Waals surface area contributed by atoms with Crippen molar-refractivity contribution in [3.63, 3.8) is 0 Å². The Labute approximate surface area is 205 Å². The number of carbonyl (C=O) groups is 2. The zero-order chi connectivity index (χ0) is 25.4. The lowest BCUT2D eigenvalue weighted by Gasteiger charge is -2.12. The molecule has 0 saturated heterocycles. The van der Waals surface area contributed by atoms with Crippen molar-refractivity contribution in [2.24, 2.45) is 0 Å². The number of hydrogen-bond acceptors (Lipinski definition) is 5. The van der Waals surface area contributed by atoms with Gasteiger partial charge < -0.3 is 20.1 Å². The lowest BCUT2D eigenvalue weighted by molar-refractivity contribution is -0.118. The summed E-state index contributed by atoms with van der Waals surface area (Å²) in [6.45, 7) is 5.69. The molecule has 2 N–H and O–H groups in total. The first-order valence-corrected chi connectivity index (χ1v) is 11.0. The van der Waals surface area contributed by atoms with Crippen LogP contribution in [0.2, 0.25) is 0 Å². The summed E-state index contributed by atoms with van der Waals surface area (Å²) in [6, 6.07) is 19.9. The summed E-state index contributed by atoms with van der Waals surface area (Å²) >= 11 is 0. The van der Waals surface area contributed by atoms with Crippen LogP contribution in [0.4, 0.5) is 11.4 Å². The van der Waals surface area contributed by atoms with Crippen LogP contribution in [0, 0.1) is 32.1 Å². The Morgan fingerprint density at radius 2 is 1.69 bits per heavy atom. The smallest absolute Gasteiger partial charge is 0.266 e. The van der Waals surface area contributed by atoms with Crippen molar-refractivity contribution in [3.05, 3.63) is 88.5 Å². The van der Waals surface area contributed by atoms with Gasteiger partial charge in [-0.2, -0.15) is 5.26 Å². The molecule has 0 aliphatic rings. The number of amides is 2. The largest absolute Gasteiger partial charge is 0.493 e. The molecule has 0 spiro atoms. The predicted octanol–water partition coefficient (Wildman–Crippen LogP) is 5.18. The molecule has 0 aliphatic carbocycles. The number of benzene rings is 3. The van der Waals surface area contributed by atoms with Gasteiger partial charge in [-0.25, -0.2) is 0 Å². The van der Waals surface area contributed by atoms with E-state index >= 15 is 0 Å². The van der Waals surface area contributed by atoms with Crippen molar-refractivity contribution in [1.82, 2.24) is 0 Å². The van der Waals surface area contributed by atoms with Gasteiger partial charge in [0.1, 0.15) is 11.6 Å². The average Bonchev–Trinajstić information content (AvgIpc) is 2.83. The molecule has 35 heavy (non-hydrogen) atoms. The maximum Gasteiger partial charge on any atom is 0.266 e. The Bertz CT molecular complexity index is 1320. The van der Waals surface area contributed by atoms with Gasteiger partial charge in [0.2, 0.25) is 0 Å². The van der Waals surface area contributed by atoms with Gasteiger partial charge in [0, 0.05) is 11.4 Å². The van der Waals surface area contributed by atoms with Crippen molar-refractivity contribution >= 4 is 29.3 Å². The zero-order valence-electron chi connectivity index (χ0n) is 20.1. The molecule has 3 aromatic rings. The summed E-state index contributed by atoms with van der Waals surface area (Å²) in [5.74, 6) is -0.0870. The van der Waals surface area contributed by atoms with Crippen LogP contribution in [-0.4, -0.2) is 25.5 Å². The number of nitrogens with one attached hydrogen (secondary N) is 2. The Morgan fingerprint density at radius 1 is 0.914 bits per heavy atom. The van der Waals surface area contributed by atoms with Crippen LogP contribution in [0.25, 0.3) is 6.08 Å². The highest BCUT2D eigenvalue weighted by Gasteiger charge is 2.12. The number of anilines is 2. The van der Waals surface area contributed by atoms with E-state index in [1.54, 1.807) is 24.3 Å². The number of ether oxygens (including phenoxy) is 2. The fraction of sp³-hybridized carbons (Fsp3) is 0.179. The van der Waals surface area contributed by atoms with Crippen molar-refractivity contribution in [1.29, 1.82) is 5.26 Å². The highest BCUT2D eigenvalue weighted by atomic mass is 16.5. The molecule has 0 heterocycles. The topological polar surface area (TPSA) is 100 Å². The van der Waals surface area contributed by atoms with Crippen molar-refractivity contribution in [3.8, 4) is 17.6 Å². The van der Waals surface area contributed by atoms with E-state index in [0.717, 1.165) is 16.7 Å². The highest BCUT2D eigenvalue weighted by molar-refractivity contribution is 6.09. The third-order valence-electron chi connectivity index (χ3n) is 5.29. The third-order valence-corrected chi connectivity index (χ3v) is 5.29. The molecule has 0 radical (unpaired) electrons. The Hall–Kier alpha value is -4.57. The summed E-state index contributed by atoms with van der Waals surface area (Å²) in [7, 11) is 1.47. The van der Waals surface area contributed by atoms with Gasteiger partial charge in [-0.15, -0.1) is 0 Å². The SMILES string of the molecule is COc1cc(/C=C(\C#N)C(=O)Nc2cccc(C)c2)ccc1OCC(=O)Nc1ccc(C)c(C)c1. The fourth-order valence-electron chi connectivity index (χ4n) is 3.29. The molecule has 178 valence electrons. The fourth-order valence-corrected chi connectivity index (χ4v) is 3.29. The molecule has 0 atom stereocenters. The van der Waals surface area contributed by atoms with Gasteiger partial charge in [0.15, 0.2) is 18.1 Å². The van der Waals surface area contributed by atoms with Crippen LogP contribution in [0.5, 0.6) is 11.5 Å². The van der Waals surface area contributed by atoms with Gasteiger partial charge in [0.25, 0.3) is 11.8 Å². The van der Waals surface area contributed by atoms with Crippen LogP contribution >= 0.6 is 0 Å². The second kappa shape index (κ2) is 11.5. The van der Waals surface area contributed by atoms with Gasteiger partial charge in [-0.1, -0.05) is 24.3 Å². The second-order valence-electron chi connectivity index (χ2n) is 8.04. The molecule has 7 nitrogen and oxygen atoms in total. The molecular formula is C28H27N3O4. The molecule has 3 aromatic carbocycles. The minimum atomic E-state index is -0.514. The van der Waals surface area contributed by atoms with Gasteiger partial charge in [0.05, 0.1) is 7.11 Å². The first kappa shape index (κ1) is 25.1. The summed E-state index contributed by atoms with van der Waals surface area (Å²) in [4.78, 5) is 24.9. The highest BCUT2D eigenvalue weighted by Crippen LogP contribution is 2.29. The second-order valence-corrected chi connectivity index (χ2v) is 8.04. The molecule has 0 aliphatic heterocycles. The maximum atomic E-state index is 12.5. The Kier molecular flexibility index (Phi) is 8.25. The van der Waals surface area contributed by atoms with E-state index in [0.29, 0.717) is 28.4 Å². The van der Waals surface area contributed by atoms with E-state index in [4.69, 9.17) is 9.47 Å². The van der Waals surface area contributed by atoms with Crippen LogP contribution < -0.4 is 20.1 Å². The molecule has 0 saturated carbocycles. The lowest BCUT2D eigenvalue weighted by Crippen LogP contribution is -2.20. The molecule has 0 bridgehead atoms. The van der Waals surface area contributed by atoms with Gasteiger partial charge >= 0.3 is 0 Å². The number of aryl methyl sites for hydroxylation is 3. The minimum Gasteiger partial charge on any atom is -0.493 e. The van der Waals surface area contributed by atoms with Crippen molar-refractivity contribution < 1.29 is 19.1 Å². The Balaban J connectivity index is 1.67. The first-order chi connectivity index (χ1) is 16.8. The summed E-state index contributed by atoms with van der Waals surface area (Å²) in [5.41, 5.74) is 5.04. The van der Waals surface area contributed by atoms with Gasteiger partial charge in [-0.3, -0.25) is 9.59 Å². The van der Waals surface area contributed by atoms with Crippen LogP contribution in [-0.2, 0) is 9.59 Å². The van der Waals surface area contributed by atoms with E-state index in [-0.39, 0.29) is 18.1 Å². The molecular weight excluding hydrogens is 442 g/mol. The molecule has 3 rings (SSSR count). The third kappa shape index (κ3) is 6.95. The lowest BCUT2D eigenvalue weighted by atomic mass is 10.1. The number of nitrogens with zero attached hydrogens (tertiary/aromatic N) is 1. The quantitative estimate of drug-likeness (QED) is 0.350. The molecule has 0 fully saturated rings. The number of nitriles is 1. The first-order valence-electron chi connectivity index (χ1n) is 11.0. The monoisotopic (exact) mass is 469 g/mol. The standard InChI is InChI=1S/C28H27N3O4/c1-18-6-5-7-23(12-18)31-28(33)22(16-29)14-21-9-11-25(26(15-21)34-4)35-17-27(32)30-24-10-8-19(2)20(3)13-24/h5-15H,17H2,1-4H3,(H,30,32)(H,31,33)/b22-14+. The summed E-state index contributed by atoms with van der Waals surface area (Å²) in [6.07, 6.45) is 1.46. The van der Waals surface area contributed by atoms with Crippen LogP contribution in [0.1, 0.15) is 22.3 Å². The molecule has 7 heteroatoms. The minimum absolute atomic E-state index is 0.0602. The zero-order valence-corrected chi connectivity index (χ0v) is 20.1. The van der Waals surface area contributed by atoms with Crippen LogP contribution in [0.15, 0.2) is 66.2 Å². The summed E-state index contributed by atoms with van der Waals surface area (Å²) < 4.78 is 11.0. The molecule has 0 unspecified atom stereocenters. The predicted molar refractivity (Wildman–Crippen MR) is 136 cm³/mol. The number of hydrogen-bond donors (Lipinski definition) is 2. The van der Waals surface area contributed by atoms with Gasteiger partial charge in [-0.05, 0) is 85.5 Å². The average molecular weight is 470 g/mol. The summed E-state index contributed by atoms with van der Waals surface area (Å²) in [5, 5.41) is 15.0. The van der Waals surface area contributed by atoms with E-state index in [1.165, 1.54) is 13.2 Å². The number of carbonyl (C=O) groups excluding carboxylic acids is 2. The number of methoxy groups -OCH3 is 1. The Morgan fingerprint density at radius 3 is 2.37 bits per heavy atom. The van der Waals surface area contributed by atoms with E-state index in [1.807, 2.05) is 63.2 Å². The maximum absolute atomic E-state index is 12.5. The van der Waals surface area contributed by atoms with Crippen molar-refractivity contribution in [2.75, 3.05) is 24.4 Å². The van der Waals surface area contributed by atoms with Crippen molar-refractivity contribution in [2.45, 2.75) is 20.8 Å². The van der Waals surface area contributed by atoms with E-state index < -0.39 is 5.91 Å². The van der Waals surface area contributed by atoms with E-state index in [2.05, 4.69) is 10.6 Å². The number of rotatable bonds is 8. The van der Waals surface area contributed by atoms with E-state index in [9.17, 15) is 14.9 Å². The molecule has 0 aromatic heterocycles. The normalized spacial score (nSPS) is 10.8.